The van der Waals surface area contributed by atoms with Crippen LogP contribution in [0.3, 0.4) is 0 Å². The molecule has 5 rings (SSSR count). The van der Waals surface area contributed by atoms with Crippen LogP contribution < -0.4 is 10.1 Å². The van der Waals surface area contributed by atoms with Crippen LogP contribution in [0.1, 0.15) is 10.4 Å². The van der Waals surface area contributed by atoms with E-state index in [1.54, 1.807) is 19.2 Å². The number of benzene rings is 4. The highest BCUT2D eigenvalue weighted by molar-refractivity contribution is 6.05. The van der Waals surface area contributed by atoms with E-state index in [0.29, 0.717) is 11.3 Å². The molecule has 5 aromatic rings. The van der Waals surface area contributed by atoms with E-state index in [1.807, 2.05) is 60.7 Å². The van der Waals surface area contributed by atoms with Crippen molar-refractivity contribution in [1.29, 1.82) is 0 Å². The fourth-order valence-electron chi connectivity index (χ4n) is 3.51. The molecule has 1 amide bonds. The smallest absolute Gasteiger partial charge is 0.255 e. The molecule has 0 saturated heterocycles. The molecule has 0 aliphatic heterocycles. The number of imidazole rings is 1. The van der Waals surface area contributed by atoms with Crippen molar-refractivity contribution in [2.75, 3.05) is 12.4 Å². The van der Waals surface area contributed by atoms with Crippen LogP contribution in [0, 0.1) is 0 Å². The van der Waals surface area contributed by atoms with Crippen LogP contribution in [0.25, 0.3) is 33.2 Å². The van der Waals surface area contributed by atoms with Crippen LogP contribution in [0.2, 0.25) is 0 Å². The number of methoxy groups -OCH3 is 1. The fraction of sp³-hybridized carbons (Fsp3) is 0.0400. The molecule has 146 valence electrons. The highest BCUT2D eigenvalue weighted by Gasteiger charge is 2.10. The molecule has 0 bridgehead atoms. The Labute approximate surface area is 173 Å². The van der Waals surface area contributed by atoms with Crippen LogP contribution in [-0.2, 0) is 0 Å². The lowest BCUT2D eigenvalue weighted by molar-refractivity contribution is 0.102. The number of rotatable bonds is 4. The van der Waals surface area contributed by atoms with E-state index in [9.17, 15) is 4.79 Å². The Morgan fingerprint density at radius 3 is 2.53 bits per heavy atom. The summed E-state index contributed by atoms with van der Waals surface area (Å²) in [5, 5.41) is 5.16. The predicted octanol–water partition coefficient (Wildman–Crippen LogP) is 5.64. The molecule has 0 aliphatic carbocycles. The van der Waals surface area contributed by atoms with Gasteiger partial charge in [0.2, 0.25) is 0 Å². The van der Waals surface area contributed by atoms with Gasteiger partial charge in [0.05, 0.1) is 18.1 Å². The maximum absolute atomic E-state index is 12.4. The molecule has 0 aliphatic rings. The third kappa shape index (κ3) is 3.37. The Balaban J connectivity index is 1.45. The molecule has 30 heavy (non-hydrogen) atoms. The highest BCUT2D eigenvalue weighted by Crippen LogP contribution is 2.28. The number of aromatic nitrogens is 2. The molecule has 0 spiro atoms. The summed E-state index contributed by atoms with van der Waals surface area (Å²) < 4.78 is 5.30. The normalized spacial score (nSPS) is 11.0. The number of amides is 1. The van der Waals surface area contributed by atoms with Gasteiger partial charge in [-0.15, -0.1) is 0 Å². The molecular formula is C25H19N3O2. The van der Waals surface area contributed by atoms with Gasteiger partial charge >= 0.3 is 0 Å². The molecule has 0 atom stereocenters. The number of hydrogen-bond donors (Lipinski definition) is 2. The Morgan fingerprint density at radius 1 is 0.900 bits per heavy atom. The average Bonchev–Trinajstić information content (AvgIpc) is 3.22. The summed E-state index contributed by atoms with van der Waals surface area (Å²) in [6.07, 6.45) is 0. The van der Waals surface area contributed by atoms with E-state index in [1.165, 1.54) is 0 Å². The number of carbonyl (C=O) groups is 1. The van der Waals surface area contributed by atoms with Gasteiger partial charge in [0.25, 0.3) is 5.91 Å². The number of nitrogens with one attached hydrogen (secondary N) is 2. The second-order valence-electron chi connectivity index (χ2n) is 7.07. The van der Waals surface area contributed by atoms with E-state index in [2.05, 4.69) is 22.4 Å². The number of nitrogens with zero attached hydrogens (tertiary/aromatic N) is 1. The van der Waals surface area contributed by atoms with E-state index < -0.39 is 0 Å². The van der Waals surface area contributed by atoms with Gasteiger partial charge in [0, 0.05) is 16.8 Å². The lowest BCUT2D eigenvalue weighted by Crippen LogP contribution is -2.11. The predicted molar refractivity (Wildman–Crippen MR) is 120 cm³/mol. The number of ether oxygens (including phenoxy) is 1. The van der Waals surface area contributed by atoms with Gasteiger partial charge in [0.15, 0.2) is 0 Å². The third-order valence-corrected chi connectivity index (χ3v) is 5.10. The van der Waals surface area contributed by atoms with Crippen LogP contribution >= 0.6 is 0 Å². The first kappa shape index (κ1) is 17.9. The summed E-state index contributed by atoms with van der Waals surface area (Å²) in [6.45, 7) is 0. The maximum Gasteiger partial charge on any atom is 0.255 e. The zero-order valence-electron chi connectivity index (χ0n) is 16.3. The number of carbonyl (C=O) groups excluding carboxylic acids is 1. The van der Waals surface area contributed by atoms with E-state index in [4.69, 9.17) is 9.72 Å². The maximum atomic E-state index is 12.4. The van der Waals surface area contributed by atoms with Gasteiger partial charge in [-0.2, -0.15) is 0 Å². The molecule has 5 heteroatoms. The molecule has 0 fully saturated rings. The third-order valence-electron chi connectivity index (χ3n) is 5.10. The van der Waals surface area contributed by atoms with Gasteiger partial charge in [-0.05, 0) is 59.3 Å². The molecular weight excluding hydrogens is 374 g/mol. The van der Waals surface area contributed by atoms with Gasteiger partial charge in [0.1, 0.15) is 11.6 Å². The van der Waals surface area contributed by atoms with Crippen molar-refractivity contribution in [1.82, 2.24) is 9.97 Å². The summed E-state index contributed by atoms with van der Waals surface area (Å²) in [6, 6.07) is 27.0. The Hall–Kier alpha value is -4.12. The Kier molecular flexibility index (Phi) is 4.41. The first-order valence-corrected chi connectivity index (χ1v) is 9.64. The van der Waals surface area contributed by atoms with Crippen LogP contribution in [0.15, 0.2) is 84.9 Å². The fourth-order valence-corrected chi connectivity index (χ4v) is 3.51. The molecule has 0 radical (unpaired) electrons. The molecule has 4 aromatic carbocycles. The second kappa shape index (κ2) is 7.37. The van der Waals surface area contributed by atoms with E-state index in [-0.39, 0.29) is 5.91 Å². The molecule has 0 unspecified atom stereocenters. The summed E-state index contributed by atoms with van der Waals surface area (Å²) in [5.41, 5.74) is 4.04. The van der Waals surface area contributed by atoms with Gasteiger partial charge in [-0.1, -0.05) is 36.4 Å². The van der Waals surface area contributed by atoms with Crippen molar-refractivity contribution in [3.8, 4) is 17.1 Å². The minimum absolute atomic E-state index is 0.143. The van der Waals surface area contributed by atoms with Crippen molar-refractivity contribution in [3.63, 3.8) is 0 Å². The molecule has 0 saturated carbocycles. The standard InChI is InChI=1S/C25H19N3O2/c1-30-21-11-9-17-13-19(8-7-18(17)14-21)24-27-22-12-10-20(15-23(22)28-24)26-25(29)16-5-3-2-4-6-16/h2-15H,1H3,(H,26,29)(H,27,28). The number of H-pyrrole nitrogens is 1. The Morgan fingerprint density at radius 2 is 1.70 bits per heavy atom. The summed E-state index contributed by atoms with van der Waals surface area (Å²) in [7, 11) is 1.67. The number of aromatic amines is 1. The van der Waals surface area contributed by atoms with Crippen LogP contribution in [0.4, 0.5) is 5.69 Å². The molecule has 5 nitrogen and oxygen atoms in total. The SMILES string of the molecule is COc1ccc2cc(-c3nc4cc(NC(=O)c5ccccc5)ccc4[nH]3)ccc2c1. The largest absolute Gasteiger partial charge is 0.497 e. The lowest BCUT2D eigenvalue weighted by Gasteiger charge is -2.04. The Bertz CT molecular complexity index is 1370. The van der Waals surface area contributed by atoms with Crippen LogP contribution in [0.5, 0.6) is 5.75 Å². The van der Waals surface area contributed by atoms with Crippen molar-refractivity contribution in [3.05, 3.63) is 90.5 Å². The topological polar surface area (TPSA) is 67.0 Å². The second-order valence-corrected chi connectivity index (χ2v) is 7.07. The van der Waals surface area contributed by atoms with E-state index in [0.717, 1.165) is 38.9 Å². The zero-order valence-corrected chi connectivity index (χ0v) is 16.3. The average molecular weight is 393 g/mol. The van der Waals surface area contributed by atoms with Gasteiger partial charge in [-0.25, -0.2) is 4.98 Å². The molecule has 1 aromatic heterocycles. The minimum Gasteiger partial charge on any atom is -0.497 e. The lowest BCUT2D eigenvalue weighted by atomic mass is 10.1. The van der Waals surface area contributed by atoms with Gasteiger partial charge < -0.3 is 15.0 Å². The van der Waals surface area contributed by atoms with E-state index >= 15 is 0 Å². The number of hydrogen-bond acceptors (Lipinski definition) is 3. The first-order chi connectivity index (χ1) is 14.7. The van der Waals surface area contributed by atoms with Crippen molar-refractivity contribution >= 4 is 33.4 Å². The number of anilines is 1. The first-order valence-electron chi connectivity index (χ1n) is 9.64. The zero-order chi connectivity index (χ0) is 20.5. The summed E-state index contributed by atoms with van der Waals surface area (Å²) in [4.78, 5) is 20.5. The minimum atomic E-state index is -0.143. The highest BCUT2D eigenvalue weighted by atomic mass is 16.5. The number of fused-ring (bicyclic) bond motifs is 2. The molecule has 1 heterocycles. The van der Waals surface area contributed by atoms with Gasteiger partial charge in [-0.3, -0.25) is 4.79 Å². The van der Waals surface area contributed by atoms with Crippen molar-refractivity contribution in [2.24, 2.45) is 0 Å². The monoisotopic (exact) mass is 393 g/mol. The summed E-state index contributed by atoms with van der Waals surface area (Å²) >= 11 is 0. The van der Waals surface area contributed by atoms with Crippen LogP contribution in [-0.4, -0.2) is 23.0 Å². The van der Waals surface area contributed by atoms with Crippen molar-refractivity contribution < 1.29 is 9.53 Å². The summed E-state index contributed by atoms with van der Waals surface area (Å²) in [5.74, 6) is 1.48. The molecule has 2 N–H and O–H groups in total. The quantitative estimate of drug-likeness (QED) is 0.415. The van der Waals surface area contributed by atoms with Crippen molar-refractivity contribution in [2.45, 2.75) is 0 Å².